The molecule has 2 nitrogen and oxygen atoms in total. The fourth-order valence-corrected chi connectivity index (χ4v) is 6.19. The summed E-state index contributed by atoms with van der Waals surface area (Å²) in [6.07, 6.45) is 4.37. The van der Waals surface area contributed by atoms with Gasteiger partial charge in [-0.15, -0.1) is 0 Å². The fraction of sp³-hybridized carbons (Fsp3) is 0.344. The van der Waals surface area contributed by atoms with Crippen molar-refractivity contribution in [1.82, 2.24) is 0 Å². The van der Waals surface area contributed by atoms with Crippen molar-refractivity contribution in [3.63, 3.8) is 0 Å². The van der Waals surface area contributed by atoms with E-state index in [4.69, 9.17) is 8.53 Å². The molecule has 0 fully saturated rings. The van der Waals surface area contributed by atoms with Crippen LogP contribution in [0.5, 0.6) is 0 Å². The smallest absolute Gasteiger partial charge is 0.220 e. The second kappa shape index (κ2) is 6.95. The predicted octanol–water partition coefficient (Wildman–Crippen LogP) is 8.20. The first-order valence-corrected chi connectivity index (χ1v) is 12.2. The molecule has 0 saturated heterocycles. The summed E-state index contributed by atoms with van der Waals surface area (Å²) < 4.78 is 34.2. The molecule has 0 atom stereocenters. The Morgan fingerprint density at radius 3 is 2.44 bits per heavy atom. The third kappa shape index (κ3) is 2.84. The Hall–Kier alpha value is -3.13. The number of aromatic nitrogens is 1. The second-order valence-electron chi connectivity index (χ2n) is 11.4. The first-order chi connectivity index (χ1) is 17.3. The van der Waals surface area contributed by atoms with Crippen LogP contribution in [0.3, 0.4) is 0 Å². The molecule has 2 heteroatoms. The Balaban J connectivity index is 1.84. The lowest BCUT2D eigenvalue weighted by atomic mass is 9.62. The highest BCUT2D eigenvalue weighted by Gasteiger charge is 2.43. The van der Waals surface area contributed by atoms with Crippen molar-refractivity contribution in [2.75, 3.05) is 0 Å². The van der Waals surface area contributed by atoms with Gasteiger partial charge in [-0.25, -0.2) is 4.57 Å². The lowest BCUT2D eigenvalue weighted by Gasteiger charge is -2.41. The van der Waals surface area contributed by atoms with Gasteiger partial charge in [0.1, 0.15) is 18.2 Å². The molecular formula is C32H34NO+. The molecule has 0 spiro atoms. The molecule has 0 aliphatic heterocycles. The molecule has 0 N–H and O–H groups in total. The van der Waals surface area contributed by atoms with E-state index in [1.54, 1.807) is 0 Å². The highest BCUT2D eigenvalue weighted by molar-refractivity contribution is 6.18. The molecule has 5 aromatic rings. The van der Waals surface area contributed by atoms with Gasteiger partial charge in [-0.3, -0.25) is 0 Å². The minimum Gasteiger partial charge on any atom is -0.454 e. The highest BCUT2D eigenvalue weighted by Crippen LogP contribution is 2.50. The van der Waals surface area contributed by atoms with Gasteiger partial charge in [-0.1, -0.05) is 64.1 Å². The highest BCUT2D eigenvalue weighted by atomic mass is 16.3. The maximum atomic E-state index is 8.40. The van der Waals surface area contributed by atoms with Crippen LogP contribution in [0.4, 0.5) is 0 Å². The van der Waals surface area contributed by atoms with E-state index >= 15 is 0 Å². The molecule has 3 aromatic carbocycles. The first kappa shape index (κ1) is 18.2. The van der Waals surface area contributed by atoms with Gasteiger partial charge in [0.15, 0.2) is 6.20 Å². The van der Waals surface area contributed by atoms with Gasteiger partial charge < -0.3 is 4.42 Å². The molecule has 0 saturated carbocycles. The van der Waals surface area contributed by atoms with Crippen molar-refractivity contribution in [3.05, 3.63) is 77.0 Å². The van der Waals surface area contributed by atoms with Gasteiger partial charge in [-0.05, 0) is 65.6 Å². The van der Waals surface area contributed by atoms with Gasteiger partial charge in [0, 0.05) is 31.9 Å². The molecule has 6 rings (SSSR count). The van der Waals surface area contributed by atoms with Crippen molar-refractivity contribution in [2.24, 2.45) is 7.05 Å². The molecule has 0 unspecified atom stereocenters. The summed E-state index contributed by atoms with van der Waals surface area (Å²) in [7, 11) is 2.09. The predicted molar refractivity (Wildman–Crippen MR) is 143 cm³/mol. The first-order valence-electron chi connectivity index (χ1n) is 13.7. The summed E-state index contributed by atoms with van der Waals surface area (Å²) in [6.45, 7) is 9.09. The van der Waals surface area contributed by atoms with E-state index in [1.807, 2.05) is 31.2 Å². The molecule has 172 valence electrons. The summed E-state index contributed by atoms with van der Waals surface area (Å²) in [5.41, 5.74) is 7.54. The summed E-state index contributed by atoms with van der Waals surface area (Å²) >= 11 is 0. The number of aryl methyl sites for hydroxylation is 3. The Morgan fingerprint density at radius 2 is 1.65 bits per heavy atom. The molecule has 34 heavy (non-hydrogen) atoms. The number of rotatable bonds is 1. The zero-order valence-electron chi connectivity index (χ0n) is 24.0. The zero-order valence-corrected chi connectivity index (χ0v) is 21.0. The normalized spacial score (nSPS) is 18.6. The van der Waals surface area contributed by atoms with Crippen LogP contribution < -0.4 is 4.57 Å². The molecule has 0 radical (unpaired) electrons. The summed E-state index contributed by atoms with van der Waals surface area (Å²) in [5, 5.41) is 3.63. The summed E-state index contributed by atoms with van der Waals surface area (Å²) in [5.74, 6) is 0. The van der Waals surface area contributed by atoms with Crippen LogP contribution in [0.2, 0.25) is 0 Å². The van der Waals surface area contributed by atoms with Crippen molar-refractivity contribution in [2.45, 2.75) is 65.1 Å². The maximum Gasteiger partial charge on any atom is 0.220 e. The lowest BCUT2D eigenvalue weighted by molar-refractivity contribution is -0.661. The summed E-state index contributed by atoms with van der Waals surface area (Å²) in [4.78, 5) is 0. The monoisotopic (exact) mass is 451 g/mol. The van der Waals surface area contributed by atoms with Crippen molar-refractivity contribution < 1.29 is 13.1 Å². The Kier molecular flexibility index (Phi) is 3.72. The SMILES string of the molecule is [2H]C([2H])([2H])c1cc(C)c(-c2c3c(cc[n+]2C)C(C)(C)CCC3(C)C)c2oc3c4ccccc4ccc3c12. The van der Waals surface area contributed by atoms with E-state index in [1.165, 1.54) is 11.1 Å². The van der Waals surface area contributed by atoms with Crippen LogP contribution in [0.1, 0.15) is 66.9 Å². The van der Waals surface area contributed by atoms with Gasteiger partial charge in [-0.2, -0.15) is 0 Å². The van der Waals surface area contributed by atoms with Gasteiger partial charge in [0.25, 0.3) is 0 Å². The van der Waals surface area contributed by atoms with Crippen molar-refractivity contribution in [3.8, 4) is 11.3 Å². The second-order valence-corrected chi connectivity index (χ2v) is 11.4. The van der Waals surface area contributed by atoms with E-state index in [2.05, 4.69) is 69.8 Å². The topological polar surface area (TPSA) is 17.0 Å². The summed E-state index contributed by atoms with van der Waals surface area (Å²) in [6, 6.07) is 16.4. The number of hydrogen-bond acceptors (Lipinski definition) is 1. The van der Waals surface area contributed by atoms with Gasteiger partial charge in [0.05, 0.1) is 5.56 Å². The standard InChI is InChI=1S/C32H34NO/c1-19-18-20(2)26(28-27-24(14-17-33(28)7)31(3,4)15-16-32(27,5)6)30-25(19)23-13-12-21-10-8-9-11-22(21)29(23)34-30/h8-14,17-18H,15-16H2,1-7H3/q+1/i1D3. The van der Waals surface area contributed by atoms with E-state index in [0.29, 0.717) is 16.5 Å². The van der Waals surface area contributed by atoms with E-state index in [-0.39, 0.29) is 10.8 Å². The minimum absolute atomic E-state index is 0.0284. The van der Waals surface area contributed by atoms with Crippen LogP contribution in [0, 0.1) is 13.8 Å². The molecule has 2 aromatic heterocycles. The van der Waals surface area contributed by atoms with Crippen LogP contribution in [0.15, 0.2) is 59.1 Å². The lowest BCUT2D eigenvalue weighted by Crippen LogP contribution is -2.41. The van der Waals surface area contributed by atoms with Crippen molar-refractivity contribution in [1.29, 1.82) is 0 Å². The van der Waals surface area contributed by atoms with E-state index in [9.17, 15) is 0 Å². The van der Waals surface area contributed by atoms with E-state index in [0.717, 1.165) is 51.4 Å². The van der Waals surface area contributed by atoms with Crippen molar-refractivity contribution >= 4 is 32.7 Å². The van der Waals surface area contributed by atoms with E-state index < -0.39 is 6.85 Å². The fourth-order valence-electron chi connectivity index (χ4n) is 6.19. The van der Waals surface area contributed by atoms with Gasteiger partial charge in [0.2, 0.25) is 5.69 Å². The number of fused-ring (bicyclic) bond motifs is 6. The molecular weight excluding hydrogens is 414 g/mol. The molecule has 1 aliphatic rings. The third-order valence-electron chi connectivity index (χ3n) is 8.17. The quantitative estimate of drug-likeness (QED) is 0.235. The zero-order chi connectivity index (χ0) is 26.5. The number of furan rings is 1. The largest absolute Gasteiger partial charge is 0.454 e. The number of benzene rings is 3. The van der Waals surface area contributed by atoms with Gasteiger partial charge >= 0.3 is 0 Å². The molecule has 2 heterocycles. The average molecular weight is 452 g/mol. The Morgan fingerprint density at radius 1 is 0.882 bits per heavy atom. The van der Waals surface area contributed by atoms with Crippen LogP contribution in [-0.4, -0.2) is 0 Å². The third-order valence-corrected chi connectivity index (χ3v) is 8.17. The number of nitrogens with zero attached hydrogens (tertiary/aromatic N) is 1. The Labute approximate surface area is 206 Å². The molecule has 0 amide bonds. The minimum atomic E-state index is -2.26. The number of pyridine rings is 1. The van der Waals surface area contributed by atoms with Crippen LogP contribution >= 0.6 is 0 Å². The molecule has 0 bridgehead atoms. The molecule has 1 aliphatic carbocycles. The number of hydrogen-bond donors (Lipinski definition) is 0. The van der Waals surface area contributed by atoms with Crippen LogP contribution in [-0.2, 0) is 17.9 Å². The van der Waals surface area contributed by atoms with Crippen LogP contribution in [0.25, 0.3) is 44.0 Å². The average Bonchev–Trinajstić information content (AvgIpc) is 3.21. The Bertz CT molecular complexity index is 1740. The maximum absolute atomic E-state index is 8.40.